The molecule has 2 aromatic rings. The van der Waals surface area contributed by atoms with E-state index in [-0.39, 0.29) is 19.3 Å². The topological polar surface area (TPSA) is 110 Å². The lowest BCUT2D eigenvalue weighted by molar-refractivity contribution is -0.172. The van der Waals surface area contributed by atoms with E-state index in [0.29, 0.717) is 5.56 Å². The van der Waals surface area contributed by atoms with Gasteiger partial charge in [0.2, 0.25) is 0 Å². The Morgan fingerprint density at radius 1 is 1.03 bits per heavy atom. The number of carboxylic acids is 2. The van der Waals surface area contributed by atoms with Crippen molar-refractivity contribution in [2.45, 2.75) is 51.1 Å². The number of benzene rings is 2. The van der Waals surface area contributed by atoms with E-state index in [2.05, 4.69) is 27.3 Å². The van der Waals surface area contributed by atoms with Gasteiger partial charge in [-0.25, -0.2) is 0 Å². The van der Waals surface area contributed by atoms with Gasteiger partial charge in [0.1, 0.15) is 0 Å². The first-order chi connectivity index (χ1) is 16.2. The fraction of sp³-hybridized carbons (Fsp3) is 0.370. The molecule has 1 aliphatic rings. The summed E-state index contributed by atoms with van der Waals surface area (Å²) in [5, 5.41) is 33.9. The van der Waals surface area contributed by atoms with Crippen LogP contribution in [0.5, 0.6) is 0 Å². The van der Waals surface area contributed by atoms with Crippen LogP contribution in [0.15, 0.2) is 65.1 Å². The van der Waals surface area contributed by atoms with Crippen molar-refractivity contribution < 1.29 is 19.8 Å². The zero-order valence-corrected chi connectivity index (χ0v) is 20.8. The fourth-order valence-corrected chi connectivity index (χ4v) is 5.83. The monoisotopic (exact) mass is 524 g/mol. The Bertz CT molecular complexity index is 1100. The highest BCUT2D eigenvalue weighted by atomic mass is 79.9. The first-order valence-corrected chi connectivity index (χ1v) is 12.1. The summed E-state index contributed by atoms with van der Waals surface area (Å²) in [5.41, 5.74) is -1.38. The lowest BCUT2D eigenvalue weighted by atomic mass is 9.49. The molecule has 34 heavy (non-hydrogen) atoms. The normalized spacial score (nSPS) is 28.9. The number of piperidine rings is 1. The maximum absolute atomic E-state index is 13.1. The number of nitrogens with zero attached hydrogens (tertiary/aromatic N) is 1. The SMILES string of the molecule is CC1NC(C)C(CCC#N)(C(=O)O)C(c2ccc(Br)cc2)C1(CC=Cc1ccccc1)C(=O)O. The van der Waals surface area contributed by atoms with Crippen molar-refractivity contribution in [1.29, 1.82) is 5.26 Å². The van der Waals surface area contributed by atoms with Gasteiger partial charge in [0.15, 0.2) is 0 Å². The summed E-state index contributed by atoms with van der Waals surface area (Å²) in [6.45, 7) is 3.59. The molecule has 3 rings (SSSR count). The van der Waals surface area contributed by atoms with Crippen LogP contribution in [0, 0.1) is 22.2 Å². The number of nitrogens with one attached hydrogen (secondary N) is 1. The molecule has 1 heterocycles. The maximum atomic E-state index is 13.1. The lowest BCUT2D eigenvalue weighted by Crippen LogP contribution is -2.69. The molecule has 0 aliphatic carbocycles. The van der Waals surface area contributed by atoms with Crippen LogP contribution in [0.25, 0.3) is 6.08 Å². The second-order valence-electron chi connectivity index (χ2n) is 8.96. The van der Waals surface area contributed by atoms with Crippen molar-refractivity contribution in [2.75, 3.05) is 0 Å². The number of aliphatic carboxylic acids is 2. The molecule has 0 amide bonds. The van der Waals surface area contributed by atoms with E-state index in [1.807, 2.05) is 49.4 Å². The van der Waals surface area contributed by atoms with E-state index < -0.39 is 40.8 Å². The summed E-state index contributed by atoms with van der Waals surface area (Å²) in [7, 11) is 0. The molecule has 6 nitrogen and oxygen atoms in total. The van der Waals surface area contributed by atoms with Gasteiger partial charge < -0.3 is 15.5 Å². The van der Waals surface area contributed by atoms with Gasteiger partial charge in [-0.15, -0.1) is 0 Å². The minimum absolute atomic E-state index is 0.00921. The highest BCUT2D eigenvalue weighted by molar-refractivity contribution is 9.10. The Morgan fingerprint density at radius 3 is 2.18 bits per heavy atom. The van der Waals surface area contributed by atoms with Gasteiger partial charge in [0.25, 0.3) is 0 Å². The summed E-state index contributed by atoms with van der Waals surface area (Å²) in [6, 6.07) is 17.8. The van der Waals surface area contributed by atoms with E-state index in [9.17, 15) is 25.1 Å². The van der Waals surface area contributed by atoms with Crippen LogP contribution in [0.1, 0.15) is 50.2 Å². The number of hydrogen-bond acceptors (Lipinski definition) is 4. The van der Waals surface area contributed by atoms with Crippen LogP contribution in [-0.4, -0.2) is 34.2 Å². The van der Waals surface area contributed by atoms with Crippen molar-refractivity contribution in [3.05, 3.63) is 76.3 Å². The molecular formula is C27H29BrN2O4. The van der Waals surface area contributed by atoms with Gasteiger partial charge in [0, 0.05) is 28.9 Å². The molecule has 7 heteroatoms. The smallest absolute Gasteiger partial charge is 0.312 e. The molecule has 5 unspecified atom stereocenters. The predicted molar refractivity (Wildman–Crippen MR) is 134 cm³/mol. The van der Waals surface area contributed by atoms with Crippen molar-refractivity contribution in [1.82, 2.24) is 5.32 Å². The number of carboxylic acid groups (broad SMARTS) is 2. The Kier molecular flexibility index (Phi) is 7.96. The largest absolute Gasteiger partial charge is 0.481 e. The molecule has 1 saturated heterocycles. The number of nitriles is 1. The summed E-state index contributed by atoms with van der Waals surface area (Å²) in [5.74, 6) is -3.03. The van der Waals surface area contributed by atoms with Crippen molar-refractivity contribution in [2.24, 2.45) is 10.8 Å². The number of allylic oxidation sites excluding steroid dienone is 1. The minimum Gasteiger partial charge on any atom is -0.481 e. The molecule has 1 fully saturated rings. The fourth-order valence-electron chi connectivity index (χ4n) is 5.57. The Hall–Kier alpha value is -2.95. The van der Waals surface area contributed by atoms with Crippen LogP contribution in [0.2, 0.25) is 0 Å². The standard InChI is InChI=1S/C27H29BrN2O4/c1-18-26(24(31)32,15-6-10-20-8-4-3-5-9-20)23(21-11-13-22(28)14-12-21)27(25(33)34,16-7-17-29)19(2)30-18/h3-6,8-14,18-19,23,30H,7,15-16H2,1-2H3,(H,31,32)(H,33,34). The summed E-state index contributed by atoms with van der Waals surface area (Å²) in [6.07, 6.45) is 3.86. The van der Waals surface area contributed by atoms with Crippen LogP contribution in [-0.2, 0) is 9.59 Å². The lowest BCUT2D eigenvalue weighted by Gasteiger charge is -2.57. The van der Waals surface area contributed by atoms with Gasteiger partial charge in [-0.05, 0) is 49.9 Å². The quantitative estimate of drug-likeness (QED) is 0.422. The second-order valence-corrected chi connectivity index (χ2v) is 9.88. The van der Waals surface area contributed by atoms with E-state index in [4.69, 9.17) is 0 Å². The molecule has 178 valence electrons. The second kappa shape index (κ2) is 10.5. The Morgan fingerprint density at radius 2 is 1.62 bits per heavy atom. The molecule has 1 aliphatic heterocycles. The van der Waals surface area contributed by atoms with E-state index in [1.165, 1.54) is 0 Å². The van der Waals surface area contributed by atoms with Crippen molar-refractivity contribution in [3.8, 4) is 6.07 Å². The average Bonchev–Trinajstić information content (AvgIpc) is 2.80. The number of rotatable bonds is 8. The van der Waals surface area contributed by atoms with Crippen LogP contribution < -0.4 is 5.32 Å². The molecule has 0 bridgehead atoms. The number of carbonyl (C=O) groups is 2. The molecule has 2 aromatic carbocycles. The third-order valence-corrected chi connectivity index (χ3v) is 7.82. The maximum Gasteiger partial charge on any atom is 0.312 e. The van der Waals surface area contributed by atoms with Gasteiger partial charge >= 0.3 is 11.9 Å². The summed E-state index contributed by atoms with van der Waals surface area (Å²) >= 11 is 3.42. The number of hydrogen-bond donors (Lipinski definition) is 3. The van der Waals surface area contributed by atoms with Crippen LogP contribution in [0.3, 0.4) is 0 Å². The van der Waals surface area contributed by atoms with Gasteiger partial charge in [-0.2, -0.15) is 5.26 Å². The van der Waals surface area contributed by atoms with Crippen molar-refractivity contribution >= 4 is 33.9 Å². The zero-order chi connectivity index (χ0) is 24.9. The Labute approximate surface area is 208 Å². The average molecular weight is 525 g/mol. The molecular weight excluding hydrogens is 496 g/mol. The molecule has 5 atom stereocenters. The van der Waals surface area contributed by atoms with E-state index in [0.717, 1.165) is 10.0 Å². The molecule has 0 spiro atoms. The molecule has 3 N–H and O–H groups in total. The third-order valence-electron chi connectivity index (χ3n) is 7.29. The van der Waals surface area contributed by atoms with Crippen molar-refractivity contribution in [3.63, 3.8) is 0 Å². The summed E-state index contributed by atoms with van der Waals surface area (Å²) < 4.78 is 0.814. The zero-order valence-electron chi connectivity index (χ0n) is 19.2. The van der Waals surface area contributed by atoms with Gasteiger partial charge in [-0.3, -0.25) is 9.59 Å². The number of halogens is 1. The first-order valence-electron chi connectivity index (χ1n) is 11.3. The highest BCUT2D eigenvalue weighted by Crippen LogP contribution is 2.59. The predicted octanol–water partition coefficient (Wildman–Crippen LogP) is 5.46. The Balaban J connectivity index is 2.25. The van der Waals surface area contributed by atoms with Crippen LogP contribution >= 0.6 is 15.9 Å². The van der Waals surface area contributed by atoms with Gasteiger partial charge in [-0.1, -0.05) is 70.5 Å². The molecule has 0 aromatic heterocycles. The van der Waals surface area contributed by atoms with Gasteiger partial charge in [0.05, 0.1) is 16.9 Å². The molecule has 0 radical (unpaired) electrons. The van der Waals surface area contributed by atoms with Crippen LogP contribution in [0.4, 0.5) is 0 Å². The van der Waals surface area contributed by atoms with E-state index >= 15 is 0 Å². The highest BCUT2D eigenvalue weighted by Gasteiger charge is 2.66. The minimum atomic E-state index is -1.49. The van der Waals surface area contributed by atoms with E-state index in [1.54, 1.807) is 31.2 Å². The first kappa shape index (κ1) is 25.7. The molecule has 0 saturated carbocycles. The third kappa shape index (κ3) is 4.53. The summed E-state index contributed by atoms with van der Waals surface area (Å²) in [4.78, 5) is 26.1.